The van der Waals surface area contributed by atoms with E-state index in [0.29, 0.717) is 17.6 Å². The molecule has 1 heterocycles. The van der Waals surface area contributed by atoms with Crippen molar-refractivity contribution in [1.29, 1.82) is 0 Å². The predicted octanol–water partition coefficient (Wildman–Crippen LogP) is 5.75. The largest absolute Gasteiger partial charge is 0.323 e. The molecule has 2 aromatic carbocycles. The second kappa shape index (κ2) is 8.81. The molecule has 0 aliphatic rings. The number of aromatic nitrogens is 2. The van der Waals surface area contributed by atoms with Gasteiger partial charge in [-0.05, 0) is 59.9 Å². The number of halogens is 5. The molecule has 3 rings (SSSR count). The van der Waals surface area contributed by atoms with Crippen molar-refractivity contribution in [1.82, 2.24) is 9.97 Å². The van der Waals surface area contributed by atoms with E-state index in [9.17, 15) is 18.0 Å². The van der Waals surface area contributed by atoms with Crippen molar-refractivity contribution < 1.29 is 18.0 Å². The summed E-state index contributed by atoms with van der Waals surface area (Å²) < 4.78 is 44.3. The average Bonchev–Trinajstić information content (AvgIpc) is 2.64. The van der Waals surface area contributed by atoms with Crippen LogP contribution in [0.2, 0.25) is 10.3 Å². The fourth-order valence-corrected chi connectivity index (χ4v) is 3.35. The van der Waals surface area contributed by atoms with Crippen molar-refractivity contribution in [3.05, 3.63) is 81.6 Å². The van der Waals surface area contributed by atoms with Crippen LogP contribution in [0.1, 0.15) is 16.1 Å². The van der Waals surface area contributed by atoms with Crippen molar-refractivity contribution >= 4 is 46.6 Å². The Kier molecular flexibility index (Phi) is 6.43. The zero-order valence-electron chi connectivity index (χ0n) is 13.8. The number of nitrogens with zero attached hydrogens (tertiary/aromatic N) is 2. The Balaban J connectivity index is 1.83. The lowest BCUT2D eigenvalue weighted by Gasteiger charge is -2.11. The van der Waals surface area contributed by atoms with E-state index in [2.05, 4.69) is 14.7 Å². The maximum Gasteiger partial charge on any atom is 0.222 e. The van der Waals surface area contributed by atoms with Gasteiger partial charge in [-0.1, -0.05) is 11.6 Å². The van der Waals surface area contributed by atoms with Crippen LogP contribution in [0.15, 0.2) is 47.5 Å². The van der Waals surface area contributed by atoms with Gasteiger partial charge >= 0.3 is 0 Å². The van der Waals surface area contributed by atoms with Gasteiger partial charge in [0.25, 0.3) is 0 Å². The minimum absolute atomic E-state index is 0.0345. The lowest BCUT2D eigenvalue weighted by Crippen LogP contribution is -2.09. The van der Waals surface area contributed by atoms with Crippen LogP contribution in [0.4, 0.5) is 18.9 Å². The van der Waals surface area contributed by atoms with E-state index < -0.39 is 23.2 Å². The fourth-order valence-electron chi connectivity index (χ4n) is 2.26. The summed E-state index contributed by atoms with van der Waals surface area (Å²) in [6, 6.07) is 6.78. The summed E-state index contributed by atoms with van der Waals surface area (Å²) in [5.41, 5.74) is -0.106. The molecule has 144 valence electrons. The fraction of sp³-hybridized carbons (Fsp3) is 0.0556. The summed E-state index contributed by atoms with van der Waals surface area (Å²) >= 11 is 12.3. The van der Waals surface area contributed by atoms with Gasteiger partial charge in [0, 0.05) is 11.2 Å². The van der Waals surface area contributed by atoms with E-state index in [4.69, 9.17) is 23.2 Å². The number of Topliss-reactive ketones (excluding diaryl/α,β-unsaturated/α-hetero) is 1. The van der Waals surface area contributed by atoms with Gasteiger partial charge in [-0.2, -0.15) is 0 Å². The first-order chi connectivity index (χ1) is 13.3. The molecule has 4 nitrogen and oxygen atoms in total. The molecule has 28 heavy (non-hydrogen) atoms. The van der Waals surface area contributed by atoms with Gasteiger partial charge in [0.2, 0.25) is 5.28 Å². The first-order valence-corrected chi connectivity index (χ1v) is 9.28. The third kappa shape index (κ3) is 4.95. The highest BCUT2D eigenvalue weighted by molar-refractivity contribution is 8.00. The first-order valence-electron chi connectivity index (χ1n) is 7.71. The molecule has 0 unspecified atom stereocenters. The molecule has 0 aliphatic heterocycles. The second-order valence-electron chi connectivity index (χ2n) is 5.51. The summed E-state index contributed by atoms with van der Waals surface area (Å²) in [5.74, 6) is -2.78. The SMILES string of the molecule is O=C(Cc1ccnc(Cl)n1)c1cc(Cl)cc(NSc2cc(F)ccc2F)c1F. The molecule has 0 bridgehead atoms. The van der Waals surface area contributed by atoms with Crippen molar-refractivity contribution in [3.63, 3.8) is 0 Å². The third-order valence-corrected chi connectivity index (χ3v) is 4.78. The van der Waals surface area contributed by atoms with Gasteiger partial charge in [0.05, 0.1) is 28.3 Å². The summed E-state index contributed by atoms with van der Waals surface area (Å²) in [4.78, 5) is 20.0. The van der Waals surface area contributed by atoms with Crippen LogP contribution >= 0.6 is 35.1 Å². The number of anilines is 1. The number of hydrogen-bond acceptors (Lipinski definition) is 5. The Labute approximate surface area is 172 Å². The zero-order valence-corrected chi connectivity index (χ0v) is 16.2. The molecule has 0 atom stereocenters. The molecule has 0 aliphatic carbocycles. The van der Waals surface area contributed by atoms with Gasteiger partial charge < -0.3 is 4.72 Å². The van der Waals surface area contributed by atoms with E-state index >= 15 is 0 Å². The highest BCUT2D eigenvalue weighted by Crippen LogP contribution is 2.30. The summed E-state index contributed by atoms with van der Waals surface area (Å²) in [6.45, 7) is 0. The molecule has 1 aromatic heterocycles. The Morgan fingerprint density at radius 1 is 1.11 bits per heavy atom. The Hall–Kier alpha value is -2.29. The molecule has 3 aromatic rings. The van der Waals surface area contributed by atoms with Gasteiger partial charge in [-0.25, -0.2) is 23.1 Å². The zero-order chi connectivity index (χ0) is 20.3. The lowest BCUT2D eigenvalue weighted by atomic mass is 10.0. The molecule has 0 saturated heterocycles. The van der Waals surface area contributed by atoms with Crippen LogP contribution in [0.5, 0.6) is 0 Å². The third-order valence-electron chi connectivity index (χ3n) is 3.53. The van der Waals surface area contributed by atoms with Crippen LogP contribution in [0, 0.1) is 17.5 Å². The number of ketones is 1. The van der Waals surface area contributed by atoms with E-state index in [-0.39, 0.29) is 32.9 Å². The number of nitrogens with one attached hydrogen (secondary N) is 1. The summed E-state index contributed by atoms with van der Waals surface area (Å²) in [6.07, 6.45) is 1.16. The monoisotopic (exact) mass is 443 g/mol. The van der Waals surface area contributed by atoms with Crippen LogP contribution in [0.25, 0.3) is 0 Å². The smallest absolute Gasteiger partial charge is 0.222 e. The minimum atomic E-state index is -0.876. The number of carbonyl (C=O) groups excluding carboxylic acids is 1. The summed E-state index contributed by atoms with van der Waals surface area (Å²) in [5, 5.41) is 0.0565. The van der Waals surface area contributed by atoms with E-state index in [1.807, 2.05) is 0 Å². The van der Waals surface area contributed by atoms with Crippen molar-refractivity contribution in [3.8, 4) is 0 Å². The molecule has 0 fully saturated rings. The topological polar surface area (TPSA) is 54.9 Å². The molecule has 0 saturated carbocycles. The highest BCUT2D eigenvalue weighted by Gasteiger charge is 2.18. The standard InChI is InChI=1S/C18H10Cl2F3N3OS/c19-9-5-12(15(27)8-11-3-4-24-18(20)25-11)17(23)14(6-9)26-28-16-7-10(21)1-2-13(16)22/h1-7,26H,8H2. The Morgan fingerprint density at radius 2 is 1.89 bits per heavy atom. The Bertz CT molecular complexity index is 1050. The normalized spacial score (nSPS) is 10.8. The number of hydrogen-bond donors (Lipinski definition) is 1. The number of carbonyl (C=O) groups is 1. The molecule has 0 amide bonds. The van der Waals surface area contributed by atoms with E-state index in [0.717, 1.165) is 18.2 Å². The molecule has 0 radical (unpaired) electrons. The van der Waals surface area contributed by atoms with Gasteiger partial charge in [-0.3, -0.25) is 4.79 Å². The lowest BCUT2D eigenvalue weighted by molar-refractivity contribution is 0.0988. The highest BCUT2D eigenvalue weighted by atomic mass is 35.5. The molecule has 10 heteroatoms. The van der Waals surface area contributed by atoms with Gasteiger partial charge in [0.15, 0.2) is 11.6 Å². The van der Waals surface area contributed by atoms with Crippen molar-refractivity contribution in [2.75, 3.05) is 4.72 Å². The second-order valence-corrected chi connectivity index (χ2v) is 7.13. The van der Waals surface area contributed by atoms with Crippen LogP contribution in [-0.4, -0.2) is 15.8 Å². The summed E-state index contributed by atoms with van der Waals surface area (Å²) in [7, 11) is 0. The average molecular weight is 444 g/mol. The van der Waals surface area contributed by atoms with Crippen molar-refractivity contribution in [2.45, 2.75) is 11.3 Å². The van der Waals surface area contributed by atoms with E-state index in [1.54, 1.807) is 0 Å². The predicted molar refractivity (Wildman–Crippen MR) is 102 cm³/mol. The Morgan fingerprint density at radius 3 is 2.64 bits per heavy atom. The maximum absolute atomic E-state index is 14.8. The first kappa shape index (κ1) is 20.4. The molecular formula is C18H10Cl2F3N3OS. The maximum atomic E-state index is 14.8. The van der Waals surface area contributed by atoms with Crippen LogP contribution in [0.3, 0.4) is 0 Å². The van der Waals surface area contributed by atoms with Crippen LogP contribution < -0.4 is 4.72 Å². The van der Waals surface area contributed by atoms with Crippen molar-refractivity contribution in [2.24, 2.45) is 0 Å². The van der Waals surface area contributed by atoms with Gasteiger partial charge in [0.1, 0.15) is 11.6 Å². The number of rotatable bonds is 6. The van der Waals surface area contributed by atoms with E-state index in [1.165, 1.54) is 24.4 Å². The van der Waals surface area contributed by atoms with Crippen LogP contribution in [-0.2, 0) is 6.42 Å². The molecule has 0 spiro atoms. The minimum Gasteiger partial charge on any atom is -0.323 e. The number of benzene rings is 2. The molecular weight excluding hydrogens is 434 g/mol. The van der Waals surface area contributed by atoms with Gasteiger partial charge in [-0.15, -0.1) is 0 Å². The molecule has 1 N–H and O–H groups in total. The quantitative estimate of drug-likeness (QED) is 0.298.